The molecule has 0 aliphatic heterocycles. The van der Waals surface area contributed by atoms with Crippen molar-refractivity contribution in [2.45, 2.75) is 31.2 Å². The van der Waals surface area contributed by atoms with Gasteiger partial charge in [0.1, 0.15) is 0 Å². The van der Waals surface area contributed by atoms with Crippen LogP contribution in [0, 0.1) is 0 Å². The second kappa shape index (κ2) is 3.00. The third kappa shape index (κ3) is 1.59. The fourth-order valence-corrected chi connectivity index (χ4v) is 1.98. The lowest BCUT2D eigenvalue weighted by molar-refractivity contribution is 0.626. The molecule has 1 saturated carbocycles. The van der Waals surface area contributed by atoms with Crippen LogP contribution in [0.1, 0.15) is 31.2 Å². The molecular weight excluding hydrogens is 182 g/mol. The van der Waals surface area contributed by atoms with E-state index in [0.717, 1.165) is 17.9 Å². The summed E-state index contributed by atoms with van der Waals surface area (Å²) in [5.41, 5.74) is 7.52. The molecule has 1 fully saturated rings. The topological polar surface area (TPSA) is 26.0 Å². The van der Waals surface area contributed by atoms with Crippen LogP contribution in [0.15, 0.2) is 24.3 Å². The summed E-state index contributed by atoms with van der Waals surface area (Å²) in [6.07, 6.45) is 2.17. The predicted octanol–water partition coefficient (Wildman–Crippen LogP) is 2.93. The first-order valence-corrected chi connectivity index (χ1v) is 5.08. The van der Waals surface area contributed by atoms with Gasteiger partial charge in [0.15, 0.2) is 0 Å². The first-order chi connectivity index (χ1) is 6.15. The summed E-state index contributed by atoms with van der Waals surface area (Å²) < 4.78 is 0. The summed E-state index contributed by atoms with van der Waals surface area (Å²) in [6, 6.07) is 8.03. The van der Waals surface area contributed by atoms with E-state index in [-0.39, 0.29) is 5.54 Å². The van der Waals surface area contributed by atoms with E-state index >= 15 is 0 Å². The van der Waals surface area contributed by atoms with Gasteiger partial charge in [-0.3, -0.25) is 0 Å². The number of rotatable bonds is 2. The second-order valence-electron chi connectivity index (χ2n) is 3.89. The van der Waals surface area contributed by atoms with Crippen LogP contribution in [0.3, 0.4) is 0 Å². The van der Waals surface area contributed by atoms with Crippen molar-refractivity contribution in [3.05, 3.63) is 34.9 Å². The van der Waals surface area contributed by atoms with E-state index in [0.29, 0.717) is 5.92 Å². The minimum Gasteiger partial charge on any atom is -0.325 e. The molecule has 2 heteroatoms. The Kier molecular flexibility index (Phi) is 2.09. The third-order valence-corrected chi connectivity index (χ3v) is 3.30. The summed E-state index contributed by atoms with van der Waals surface area (Å²) in [5, 5.41) is 0.795. The quantitative estimate of drug-likeness (QED) is 0.772. The molecule has 0 spiro atoms. The fourth-order valence-electron chi connectivity index (χ4n) is 1.86. The van der Waals surface area contributed by atoms with Gasteiger partial charge in [-0.25, -0.2) is 0 Å². The minimum absolute atomic E-state index is 0.0633. The molecule has 1 aromatic carbocycles. The van der Waals surface area contributed by atoms with E-state index in [1.54, 1.807) is 0 Å². The maximum absolute atomic E-state index is 6.13. The summed E-state index contributed by atoms with van der Waals surface area (Å²) >= 11 is 5.81. The zero-order valence-electron chi connectivity index (χ0n) is 7.76. The van der Waals surface area contributed by atoms with Crippen LogP contribution in [0.2, 0.25) is 5.02 Å². The molecule has 1 nitrogen and oxygen atoms in total. The van der Waals surface area contributed by atoms with Gasteiger partial charge in [0.05, 0.1) is 0 Å². The maximum Gasteiger partial charge on any atom is 0.0406 e. The zero-order chi connectivity index (χ0) is 9.47. The molecule has 1 aliphatic carbocycles. The Morgan fingerprint density at radius 1 is 1.46 bits per heavy atom. The normalized spacial score (nSPS) is 31.8. The van der Waals surface area contributed by atoms with Gasteiger partial charge in [0.2, 0.25) is 0 Å². The lowest BCUT2D eigenvalue weighted by Crippen LogP contribution is -2.22. The standard InChI is InChI=1S/C11H14ClN/c1-2-11(13)7-10(11)8-3-5-9(12)6-4-8/h3-6,10H,2,7,13H2,1H3/t10-,11+/m0/s1. The first-order valence-electron chi connectivity index (χ1n) is 4.70. The van der Waals surface area contributed by atoms with Crippen LogP contribution < -0.4 is 5.73 Å². The predicted molar refractivity (Wildman–Crippen MR) is 56.0 cm³/mol. The molecule has 0 unspecified atom stereocenters. The molecule has 0 aromatic heterocycles. The Morgan fingerprint density at radius 2 is 2.08 bits per heavy atom. The molecule has 2 N–H and O–H groups in total. The molecule has 0 bridgehead atoms. The monoisotopic (exact) mass is 195 g/mol. The van der Waals surface area contributed by atoms with Gasteiger partial charge in [0, 0.05) is 16.5 Å². The van der Waals surface area contributed by atoms with Crippen LogP contribution in [0.4, 0.5) is 0 Å². The molecule has 2 atom stereocenters. The zero-order valence-corrected chi connectivity index (χ0v) is 8.51. The summed E-state index contributed by atoms with van der Waals surface area (Å²) in [5.74, 6) is 0.551. The van der Waals surface area contributed by atoms with Crippen molar-refractivity contribution in [3.63, 3.8) is 0 Å². The molecule has 2 rings (SSSR count). The van der Waals surface area contributed by atoms with E-state index in [4.69, 9.17) is 17.3 Å². The van der Waals surface area contributed by atoms with Gasteiger partial charge in [-0.05, 0) is 30.5 Å². The van der Waals surface area contributed by atoms with Gasteiger partial charge in [0.25, 0.3) is 0 Å². The minimum atomic E-state index is 0.0633. The van der Waals surface area contributed by atoms with Crippen molar-refractivity contribution in [2.24, 2.45) is 5.73 Å². The van der Waals surface area contributed by atoms with Crippen molar-refractivity contribution < 1.29 is 0 Å². The van der Waals surface area contributed by atoms with Crippen molar-refractivity contribution in [3.8, 4) is 0 Å². The first kappa shape index (κ1) is 9.04. The molecular formula is C11H14ClN. The van der Waals surface area contributed by atoms with E-state index in [9.17, 15) is 0 Å². The molecule has 0 saturated heterocycles. The van der Waals surface area contributed by atoms with Crippen molar-refractivity contribution in [1.29, 1.82) is 0 Å². The van der Waals surface area contributed by atoms with E-state index < -0.39 is 0 Å². The number of benzene rings is 1. The van der Waals surface area contributed by atoms with Gasteiger partial charge >= 0.3 is 0 Å². The Balaban J connectivity index is 2.16. The van der Waals surface area contributed by atoms with Crippen molar-refractivity contribution in [2.75, 3.05) is 0 Å². The van der Waals surface area contributed by atoms with Gasteiger partial charge in [-0.1, -0.05) is 30.7 Å². The Morgan fingerprint density at radius 3 is 2.54 bits per heavy atom. The highest BCUT2D eigenvalue weighted by Gasteiger charge is 2.49. The summed E-state index contributed by atoms with van der Waals surface area (Å²) in [7, 11) is 0. The second-order valence-corrected chi connectivity index (χ2v) is 4.33. The molecule has 0 amide bonds. The van der Waals surface area contributed by atoms with Crippen LogP contribution in [0.25, 0.3) is 0 Å². The third-order valence-electron chi connectivity index (χ3n) is 3.05. The molecule has 0 heterocycles. The van der Waals surface area contributed by atoms with Crippen molar-refractivity contribution in [1.82, 2.24) is 0 Å². The van der Waals surface area contributed by atoms with E-state index in [1.807, 2.05) is 12.1 Å². The Hall–Kier alpha value is -0.530. The van der Waals surface area contributed by atoms with Crippen molar-refractivity contribution >= 4 is 11.6 Å². The van der Waals surface area contributed by atoms with Crippen LogP contribution in [0.5, 0.6) is 0 Å². The number of hydrogen-bond acceptors (Lipinski definition) is 1. The fraction of sp³-hybridized carbons (Fsp3) is 0.455. The average molecular weight is 196 g/mol. The molecule has 1 aliphatic rings. The molecule has 70 valence electrons. The number of halogens is 1. The number of nitrogens with two attached hydrogens (primary N) is 1. The lowest BCUT2D eigenvalue weighted by atomic mass is 10.1. The van der Waals surface area contributed by atoms with Gasteiger partial charge < -0.3 is 5.73 Å². The molecule has 13 heavy (non-hydrogen) atoms. The highest BCUT2D eigenvalue weighted by Crippen LogP contribution is 2.51. The SMILES string of the molecule is CC[C@@]1(N)C[C@H]1c1ccc(Cl)cc1. The largest absolute Gasteiger partial charge is 0.325 e. The number of hydrogen-bond donors (Lipinski definition) is 1. The summed E-state index contributed by atoms with van der Waals surface area (Å²) in [6.45, 7) is 2.15. The highest BCUT2D eigenvalue weighted by atomic mass is 35.5. The maximum atomic E-state index is 6.13. The average Bonchev–Trinajstić information content (AvgIpc) is 2.81. The van der Waals surface area contributed by atoms with Gasteiger partial charge in [-0.2, -0.15) is 0 Å². The Labute approximate surface area is 83.9 Å². The molecule has 1 aromatic rings. The van der Waals surface area contributed by atoms with Crippen LogP contribution >= 0.6 is 11.6 Å². The lowest BCUT2D eigenvalue weighted by Gasteiger charge is -2.07. The smallest absolute Gasteiger partial charge is 0.0406 e. The van der Waals surface area contributed by atoms with E-state index in [2.05, 4.69) is 19.1 Å². The molecule has 0 radical (unpaired) electrons. The van der Waals surface area contributed by atoms with Gasteiger partial charge in [-0.15, -0.1) is 0 Å². The van der Waals surface area contributed by atoms with E-state index in [1.165, 1.54) is 5.56 Å². The summed E-state index contributed by atoms with van der Waals surface area (Å²) in [4.78, 5) is 0. The Bertz CT molecular complexity index is 306. The van der Waals surface area contributed by atoms with Crippen LogP contribution in [-0.4, -0.2) is 5.54 Å². The highest BCUT2D eigenvalue weighted by molar-refractivity contribution is 6.30. The van der Waals surface area contributed by atoms with Crippen LogP contribution in [-0.2, 0) is 0 Å².